The van der Waals surface area contributed by atoms with Gasteiger partial charge in [0.05, 0.1) is 23.1 Å². The number of fused-ring (bicyclic) bond motifs is 1. The number of aryl methyl sites for hydroxylation is 1. The molecule has 2 aromatic carbocycles. The van der Waals surface area contributed by atoms with Crippen molar-refractivity contribution in [3.63, 3.8) is 0 Å². The summed E-state index contributed by atoms with van der Waals surface area (Å²) < 4.78 is 71.8. The van der Waals surface area contributed by atoms with E-state index in [1.54, 1.807) is 12.1 Å². The topological polar surface area (TPSA) is 72.5 Å². The Morgan fingerprint density at radius 1 is 1.19 bits per heavy atom. The Balaban J connectivity index is 1.95. The molecule has 0 aliphatic heterocycles. The lowest BCUT2D eigenvalue weighted by Gasteiger charge is -2.18. The van der Waals surface area contributed by atoms with E-state index in [2.05, 4.69) is 9.46 Å². The molecule has 0 saturated carbocycles. The summed E-state index contributed by atoms with van der Waals surface area (Å²) >= 11 is 0. The number of methoxy groups -OCH3 is 1. The quantitative estimate of drug-likeness (QED) is 0.800. The smallest absolute Gasteiger partial charge is 0.417 e. The average molecular weight is 399 g/mol. The van der Waals surface area contributed by atoms with Crippen LogP contribution in [0.4, 0.5) is 13.2 Å². The Hall–Kier alpha value is -2.39. The summed E-state index contributed by atoms with van der Waals surface area (Å²) in [5.74, 6) is -0.575. The van der Waals surface area contributed by atoms with Crippen LogP contribution in [0, 0.1) is 0 Å². The number of carbonyl (C=O) groups excluding carboxylic acids is 1. The number of halogens is 3. The molecule has 0 unspecified atom stereocenters. The van der Waals surface area contributed by atoms with Crippen LogP contribution in [0.1, 0.15) is 39.5 Å². The largest absolute Gasteiger partial charge is 0.465 e. The van der Waals surface area contributed by atoms with Crippen LogP contribution in [0.15, 0.2) is 47.4 Å². The number of benzene rings is 2. The molecule has 2 aromatic rings. The van der Waals surface area contributed by atoms with E-state index in [9.17, 15) is 26.4 Å². The van der Waals surface area contributed by atoms with Crippen molar-refractivity contribution in [3.8, 4) is 0 Å². The van der Waals surface area contributed by atoms with E-state index in [1.807, 2.05) is 0 Å². The van der Waals surface area contributed by atoms with Crippen molar-refractivity contribution in [3.05, 3.63) is 64.7 Å². The van der Waals surface area contributed by atoms with Gasteiger partial charge in [-0.25, -0.2) is 17.9 Å². The van der Waals surface area contributed by atoms with Gasteiger partial charge in [0.1, 0.15) is 0 Å². The fourth-order valence-electron chi connectivity index (χ4n) is 3.16. The Labute approximate surface area is 154 Å². The maximum Gasteiger partial charge on any atom is 0.417 e. The molecular weight excluding hydrogens is 383 g/mol. The van der Waals surface area contributed by atoms with Crippen LogP contribution < -0.4 is 4.72 Å². The molecule has 0 aromatic heterocycles. The van der Waals surface area contributed by atoms with Gasteiger partial charge in [0.15, 0.2) is 0 Å². The highest BCUT2D eigenvalue weighted by atomic mass is 32.2. The van der Waals surface area contributed by atoms with Gasteiger partial charge in [-0.05, 0) is 48.2 Å². The number of alkyl halides is 3. The van der Waals surface area contributed by atoms with Gasteiger partial charge in [0.2, 0.25) is 10.0 Å². The molecule has 0 radical (unpaired) electrons. The van der Waals surface area contributed by atoms with E-state index >= 15 is 0 Å². The minimum absolute atomic E-state index is 0.248. The molecule has 0 amide bonds. The molecule has 0 fully saturated rings. The predicted octanol–water partition coefficient (Wildman–Crippen LogP) is 3.46. The SMILES string of the molecule is COC(=O)c1ccc2c(c1)[C@H](NS(=O)(=O)c1ccccc1C(F)(F)F)CC2. The van der Waals surface area contributed by atoms with Crippen molar-refractivity contribution < 1.29 is 31.1 Å². The lowest BCUT2D eigenvalue weighted by atomic mass is 10.0. The van der Waals surface area contributed by atoms with Crippen molar-refractivity contribution in [2.45, 2.75) is 30.0 Å². The van der Waals surface area contributed by atoms with Gasteiger partial charge in [-0.3, -0.25) is 0 Å². The van der Waals surface area contributed by atoms with Crippen LogP contribution in [0.3, 0.4) is 0 Å². The molecule has 5 nitrogen and oxygen atoms in total. The van der Waals surface area contributed by atoms with E-state index in [0.29, 0.717) is 18.4 Å². The van der Waals surface area contributed by atoms with Crippen molar-refractivity contribution in [2.75, 3.05) is 7.11 Å². The summed E-state index contributed by atoms with van der Waals surface area (Å²) in [7, 11) is -3.20. The summed E-state index contributed by atoms with van der Waals surface area (Å²) in [6.45, 7) is 0. The highest BCUT2D eigenvalue weighted by molar-refractivity contribution is 7.89. The zero-order chi connectivity index (χ0) is 19.8. The number of sulfonamides is 1. The number of esters is 1. The van der Waals surface area contributed by atoms with Crippen molar-refractivity contribution >= 4 is 16.0 Å². The number of rotatable bonds is 4. The Bertz CT molecular complexity index is 986. The number of nitrogens with one attached hydrogen (secondary N) is 1. The molecule has 27 heavy (non-hydrogen) atoms. The normalized spacial score (nSPS) is 16.8. The van der Waals surface area contributed by atoms with Gasteiger partial charge in [-0.2, -0.15) is 13.2 Å². The lowest BCUT2D eigenvalue weighted by molar-refractivity contribution is -0.139. The Morgan fingerprint density at radius 3 is 2.56 bits per heavy atom. The molecule has 0 saturated heterocycles. The molecule has 0 heterocycles. The van der Waals surface area contributed by atoms with E-state index in [-0.39, 0.29) is 5.56 Å². The maximum atomic E-state index is 13.2. The number of hydrogen-bond donors (Lipinski definition) is 1. The van der Waals surface area contributed by atoms with Crippen LogP contribution in [0.25, 0.3) is 0 Å². The molecular formula is C18H16F3NO4S. The second kappa shape index (κ2) is 6.97. The molecule has 0 spiro atoms. The summed E-state index contributed by atoms with van der Waals surface area (Å²) in [4.78, 5) is 10.9. The third-order valence-electron chi connectivity index (χ3n) is 4.42. The van der Waals surface area contributed by atoms with Gasteiger partial charge in [0.25, 0.3) is 0 Å². The van der Waals surface area contributed by atoms with Gasteiger partial charge in [-0.1, -0.05) is 18.2 Å². The highest BCUT2D eigenvalue weighted by Gasteiger charge is 2.38. The van der Waals surface area contributed by atoms with Crippen molar-refractivity contribution in [1.82, 2.24) is 4.72 Å². The number of ether oxygens (including phenoxy) is 1. The standard InChI is InChI=1S/C18H16F3NO4S/c1-26-17(23)12-7-6-11-8-9-15(13(11)10-12)22-27(24,25)16-5-3-2-4-14(16)18(19,20)21/h2-7,10,15,22H,8-9H2,1H3/t15-/m1/s1. The Kier molecular flexibility index (Phi) is 5.00. The second-order valence-corrected chi connectivity index (χ2v) is 7.79. The van der Waals surface area contributed by atoms with Crippen molar-refractivity contribution in [2.24, 2.45) is 0 Å². The van der Waals surface area contributed by atoms with E-state index in [4.69, 9.17) is 0 Å². The number of carbonyl (C=O) groups is 1. The predicted molar refractivity (Wildman–Crippen MR) is 90.6 cm³/mol. The molecule has 9 heteroatoms. The first-order valence-electron chi connectivity index (χ1n) is 8.03. The minimum Gasteiger partial charge on any atom is -0.465 e. The van der Waals surface area contributed by atoms with Gasteiger partial charge >= 0.3 is 12.1 Å². The van der Waals surface area contributed by atoms with Crippen LogP contribution >= 0.6 is 0 Å². The lowest BCUT2D eigenvalue weighted by Crippen LogP contribution is -2.29. The first-order chi connectivity index (χ1) is 12.6. The van der Waals surface area contributed by atoms with Crippen LogP contribution in [0.2, 0.25) is 0 Å². The molecule has 0 bridgehead atoms. The van der Waals surface area contributed by atoms with Crippen molar-refractivity contribution in [1.29, 1.82) is 0 Å². The van der Waals surface area contributed by atoms with Gasteiger partial charge < -0.3 is 4.74 Å². The van der Waals surface area contributed by atoms with E-state index in [0.717, 1.165) is 23.8 Å². The number of hydrogen-bond acceptors (Lipinski definition) is 4. The average Bonchev–Trinajstić information content (AvgIpc) is 3.02. The minimum atomic E-state index is -4.79. The highest BCUT2D eigenvalue weighted by Crippen LogP contribution is 2.36. The third-order valence-corrected chi connectivity index (χ3v) is 5.95. The van der Waals surface area contributed by atoms with Crippen LogP contribution in [-0.4, -0.2) is 21.5 Å². The molecule has 144 valence electrons. The first kappa shape index (κ1) is 19.4. The van der Waals surface area contributed by atoms with Crippen LogP contribution in [-0.2, 0) is 27.4 Å². The molecule has 3 rings (SSSR count). The summed E-state index contributed by atoms with van der Waals surface area (Å²) in [6.07, 6.45) is -3.87. The fraction of sp³-hybridized carbons (Fsp3) is 0.278. The fourth-order valence-corrected chi connectivity index (χ4v) is 4.63. The zero-order valence-electron chi connectivity index (χ0n) is 14.2. The first-order valence-corrected chi connectivity index (χ1v) is 9.51. The maximum absolute atomic E-state index is 13.2. The molecule has 1 aliphatic rings. The molecule has 1 N–H and O–H groups in total. The zero-order valence-corrected chi connectivity index (χ0v) is 15.0. The molecule has 1 atom stereocenters. The summed E-state index contributed by atoms with van der Waals surface area (Å²) in [5, 5.41) is 0. The van der Waals surface area contributed by atoms with Gasteiger partial charge in [0, 0.05) is 6.04 Å². The third kappa shape index (κ3) is 3.84. The second-order valence-electron chi connectivity index (χ2n) is 6.11. The monoisotopic (exact) mass is 399 g/mol. The van der Waals surface area contributed by atoms with Gasteiger partial charge in [-0.15, -0.1) is 0 Å². The van der Waals surface area contributed by atoms with Crippen LogP contribution in [0.5, 0.6) is 0 Å². The Morgan fingerprint density at radius 2 is 1.89 bits per heavy atom. The van der Waals surface area contributed by atoms with E-state index in [1.165, 1.54) is 19.2 Å². The molecule has 1 aliphatic carbocycles. The van der Waals surface area contributed by atoms with E-state index < -0.39 is 38.7 Å². The summed E-state index contributed by atoms with van der Waals surface area (Å²) in [6, 6.07) is 8.07. The summed E-state index contributed by atoms with van der Waals surface area (Å²) in [5.41, 5.74) is 0.419.